The summed E-state index contributed by atoms with van der Waals surface area (Å²) in [6.07, 6.45) is 0.238. The van der Waals surface area contributed by atoms with E-state index in [-0.39, 0.29) is 18.4 Å². The first-order valence-corrected chi connectivity index (χ1v) is 8.73. The van der Waals surface area contributed by atoms with E-state index in [1.54, 1.807) is 54.5 Å². The van der Waals surface area contributed by atoms with Crippen LogP contribution in [0, 0.1) is 0 Å². The average molecular weight is 390 g/mol. The molecule has 1 unspecified atom stereocenters. The summed E-state index contributed by atoms with van der Waals surface area (Å²) in [6.45, 7) is 0.403. The van der Waals surface area contributed by atoms with Crippen LogP contribution >= 0.6 is 11.6 Å². The Balaban J connectivity index is 1.60. The van der Waals surface area contributed by atoms with E-state index >= 15 is 0 Å². The largest absolute Gasteiger partial charge is 0.493 e. The van der Waals surface area contributed by atoms with Crippen LogP contribution in [0.5, 0.6) is 11.5 Å². The zero-order valence-corrected chi connectivity index (χ0v) is 15.7. The summed E-state index contributed by atoms with van der Waals surface area (Å²) in [7, 11) is 3.07. The zero-order valence-electron chi connectivity index (χ0n) is 15.0. The van der Waals surface area contributed by atoms with Gasteiger partial charge in [-0.25, -0.2) is 4.79 Å². The number of methoxy groups -OCH3 is 2. The van der Waals surface area contributed by atoms with Gasteiger partial charge in [0.15, 0.2) is 11.5 Å². The Kier molecular flexibility index (Phi) is 5.71. The zero-order chi connectivity index (χ0) is 19.4. The topological polar surface area (TPSA) is 79.9 Å². The van der Waals surface area contributed by atoms with Gasteiger partial charge in [-0.2, -0.15) is 0 Å². The number of amides is 3. The lowest BCUT2D eigenvalue weighted by molar-refractivity contribution is -0.117. The minimum Gasteiger partial charge on any atom is -0.493 e. The van der Waals surface area contributed by atoms with Crippen molar-refractivity contribution in [2.75, 3.05) is 31.0 Å². The van der Waals surface area contributed by atoms with Crippen LogP contribution in [0.25, 0.3) is 0 Å². The van der Waals surface area contributed by atoms with Crippen LogP contribution in [-0.2, 0) is 4.79 Å². The number of urea groups is 1. The third-order valence-corrected chi connectivity index (χ3v) is 4.49. The second-order valence-electron chi connectivity index (χ2n) is 6.05. The predicted octanol–water partition coefficient (Wildman–Crippen LogP) is 3.28. The van der Waals surface area contributed by atoms with Gasteiger partial charge in [-0.1, -0.05) is 11.6 Å². The fourth-order valence-electron chi connectivity index (χ4n) is 2.94. The molecule has 142 valence electrons. The van der Waals surface area contributed by atoms with Crippen LogP contribution in [0.1, 0.15) is 6.42 Å². The third-order valence-electron chi connectivity index (χ3n) is 4.24. The lowest BCUT2D eigenvalue weighted by atomic mass is 10.2. The Bertz CT molecular complexity index is 841. The number of benzene rings is 2. The van der Waals surface area contributed by atoms with E-state index in [1.165, 1.54) is 7.11 Å². The van der Waals surface area contributed by atoms with E-state index in [0.717, 1.165) is 5.69 Å². The maximum absolute atomic E-state index is 12.3. The van der Waals surface area contributed by atoms with Crippen LogP contribution in [0.15, 0.2) is 42.5 Å². The van der Waals surface area contributed by atoms with Crippen molar-refractivity contribution < 1.29 is 19.1 Å². The Morgan fingerprint density at radius 3 is 2.48 bits per heavy atom. The first kappa shape index (κ1) is 18.8. The molecule has 0 saturated carbocycles. The summed E-state index contributed by atoms with van der Waals surface area (Å²) in [6, 6.07) is 11.4. The highest BCUT2D eigenvalue weighted by molar-refractivity contribution is 6.30. The highest BCUT2D eigenvalue weighted by atomic mass is 35.5. The van der Waals surface area contributed by atoms with Crippen molar-refractivity contribution in [1.29, 1.82) is 0 Å². The number of hydrogen-bond donors (Lipinski definition) is 2. The molecule has 1 atom stereocenters. The molecular weight excluding hydrogens is 370 g/mol. The summed E-state index contributed by atoms with van der Waals surface area (Å²) < 4.78 is 10.4. The maximum atomic E-state index is 12.3. The smallest absolute Gasteiger partial charge is 0.319 e. The highest BCUT2D eigenvalue weighted by Crippen LogP contribution is 2.29. The Labute approximate surface area is 162 Å². The van der Waals surface area contributed by atoms with Crippen LogP contribution in [0.3, 0.4) is 0 Å². The highest BCUT2D eigenvalue weighted by Gasteiger charge is 2.31. The molecule has 2 N–H and O–H groups in total. The Hall–Kier alpha value is -2.93. The van der Waals surface area contributed by atoms with E-state index in [0.29, 0.717) is 28.8 Å². The molecule has 0 aromatic heterocycles. The van der Waals surface area contributed by atoms with Gasteiger partial charge in [0, 0.05) is 35.4 Å². The number of carbonyl (C=O) groups is 2. The molecule has 3 amide bonds. The molecule has 0 bridgehead atoms. The van der Waals surface area contributed by atoms with Crippen LogP contribution in [0.2, 0.25) is 5.02 Å². The standard InChI is InChI=1S/C19H20ClN3O4/c1-26-16-8-5-13(9-17(16)27-2)21-19(25)22-14-10-18(24)23(11-14)15-6-3-12(20)4-7-15/h3-9,14H,10-11H2,1-2H3,(H2,21,22,25). The van der Waals surface area contributed by atoms with Gasteiger partial charge in [-0.15, -0.1) is 0 Å². The monoisotopic (exact) mass is 389 g/mol. The minimum absolute atomic E-state index is 0.0475. The van der Waals surface area contributed by atoms with Gasteiger partial charge in [-0.05, 0) is 36.4 Å². The van der Waals surface area contributed by atoms with Crippen molar-refractivity contribution >= 4 is 34.9 Å². The molecule has 0 radical (unpaired) electrons. The fraction of sp³-hybridized carbons (Fsp3) is 0.263. The molecule has 2 aromatic carbocycles. The van der Waals surface area contributed by atoms with Crippen molar-refractivity contribution in [2.24, 2.45) is 0 Å². The van der Waals surface area contributed by atoms with Crippen molar-refractivity contribution in [3.8, 4) is 11.5 Å². The molecule has 7 nitrogen and oxygen atoms in total. The normalized spacial score (nSPS) is 16.2. The molecule has 1 aliphatic heterocycles. The van der Waals surface area contributed by atoms with Gasteiger partial charge in [0.05, 0.1) is 20.3 Å². The summed E-state index contributed by atoms with van der Waals surface area (Å²) >= 11 is 5.88. The molecule has 0 spiro atoms. The van der Waals surface area contributed by atoms with Crippen LogP contribution in [-0.4, -0.2) is 38.7 Å². The average Bonchev–Trinajstić information content (AvgIpc) is 3.02. The van der Waals surface area contributed by atoms with E-state index in [4.69, 9.17) is 21.1 Å². The van der Waals surface area contributed by atoms with Crippen LogP contribution < -0.4 is 25.0 Å². The molecule has 1 heterocycles. The van der Waals surface area contributed by atoms with Gasteiger partial charge >= 0.3 is 6.03 Å². The third kappa shape index (κ3) is 4.43. The minimum atomic E-state index is -0.391. The van der Waals surface area contributed by atoms with E-state index in [2.05, 4.69) is 10.6 Å². The quantitative estimate of drug-likeness (QED) is 0.822. The van der Waals surface area contributed by atoms with Gasteiger partial charge in [-0.3, -0.25) is 4.79 Å². The van der Waals surface area contributed by atoms with Crippen molar-refractivity contribution in [3.05, 3.63) is 47.5 Å². The predicted molar refractivity (Wildman–Crippen MR) is 104 cm³/mol. The fourth-order valence-corrected chi connectivity index (χ4v) is 3.07. The molecule has 2 aromatic rings. The Morgan fingerprint density at radius 1 is 1.11 bits per heavy atom. The molecule has 8 heteroatoms. The SMILES string of the molecule is COc1ccc(NC(=O)NC2CC(=O)N(c3ccc(Cl)cc3)C2)cc1OC. The van der Waals surface area contributed by atoms with Gasteiger partial charge in [0.1, 0.15) is 0 Å². The summed E-state index contributed by atoms with van der Waals surface area (Å²) in [4.78, 5) is 26.2. The van der Waals surface area contributed by atoms with E-state index in [1.807, 2.05) is 0 Å². The van der Waals surface area contributed by atoms with Gasteiger partial charge in [0.25, 0.3) is 0 Å². The molecule has 1 saturated heterocycles. The van der Waals surface area contributed by atoms with Crippen molar-refractivity contribution in [3.63, 3.8) is 0 Å². The number of carbonyl (C=O) groups excluding carboxylic acids is 2. The van der Waals surface area contributed by atoms with Crippen molar-refractivity contribution in [1.82, 2.24) is 5.32 Å². The number of hydrogen-bond acceptors (Lipinski definition) is 4. The van der Waals surface area contributed by atoms with E-state index in [9.17, 15) is 9.59 Å². The van der Waals surface area contributed by atoms with E-state index < -0.39 is 6.03 Å². The summed E-state index contributed by atoms with van der Waals surface area (Å²) in [5.74, 6) is 1.04. The number of anilines is 2. The number of halogens is 1. The molecule has 3 rings (SSSR count). The second kappa shape index (κ2) is 8.18. The Morgan fingerprint density at radius 2 is 1.81 bits per heavy atom. The summed E-state index contributed by atoms with van der Waals surface area (Å²) in [5, 5.41) is 6.17. The summed E-state index contributed by atoms with van der Waals surface area (Å²) in [5.41, 5.74) is 1.32. The lowest BCUT2D eigenvalue weighted by Crippen LogP contribution is -2.39. The number of nitrogens with zero attached hydrogens (tertiary/aromatic N) is 1. The first-order valence-electron chi connectivity index (χ1n) is 8.35. The molecular formula is C19H20ClN3O4. The first-order chi connectivity index (χ1) is 13.0. The van der Waals surface area contributed by atoms with Crippen molar-refractivity contribution in [2.45, 2.75) is 12.5 Å². The maximum Gasteiger partial charge on any atom is 0.319 e. The molecule has 27 heavy (non-hydrogen) atoms. The van der Waals surface area contributed by atoms with Crippen LogP contribution in [0.4, 0.5) is 16.2 Å². The molecule has 1 fully saturated rings. The molecule has 0 aliphatic carbocycles. The van der Waals surface area contributed by atoms with Gasteiger partial charge in [0.2, 0.25) is 5.91 Å². The second-order valence-corrected chi connectivity index (χ2v) is 6.49. The number of nitrogens with one attached hydrogen (secondary N) is 2. The molecule has 1 aliphatic rings. The number of ether oxygens (including phenoxy) is 2. The lowest BCUT2D eigenvalue weighted by Gasteiger charge is -2.17. The number of rotatable bonds is 5. The van der Waals surface area contributed by atoms with Gasteiger partial charge < -0.3 is 25.0 Å².